The van der Waals surface area contributed by atoms with Gasteiger partial charge in [0.25, 0.3) is 0 Å². The van der Waals surface area contributed by atoms with Gasteiger partial charge < -0.3 is 10.8 Å². The normalized spacial score (nSPS) is 14.9. The van der Waals surface area contributed by atoms with Crippen molar-refractivity contribution in [1.29, 1.82) is 0 Å². The van der Waals surface area contributed by atoms with Gasteiger partial charge in [0.15, 0.2) is 0 Å². The second-order valence-corrected chi connectivity index (χ2v) is 6.19. The Morgan fingerprint density at radius 1 is 1.24 bits per heavy atom. The Bertz CT molecular complexity index is 334. The third-order valence-electron chi connectivity index (χ3n) is 2.84. The van der Waals surface area contributed by atoms with Gasteiger partial charge >= 0.3 is 0 Å². The summed E-state index contributed by atoms with van der Waals surface area (Å²) in [6.07, 6.45) is 0.104. The molecule has 0 amide bonds. The third-order valence-corrected chi connectivity index (χ3v) is 3.37. The van der Waals surface area contributed by atoms with E-state index in [0.29, 0.717) is 6.42 Å². The molecule has 1 aromatic carbocycles. The fourth-order valence-corrected chi connectivity index (χ4v) is 1.68. The van der Waals surface area contributed by atoms with Gasteiger partial charge in [-0.3, -0.25) is 0 Å². The zero-order valence-corrected chi connectivity index (χ0v) is 12.9. The molecule has 0 unspecified atom stereocenters. The Morgan fingerprint density at radius 2 is 1.71 bits per heavy atom. The van der Waals surface area contributed by atoms with Crippen LogP contribution in [0.5, 0.6) is 0 Å². The van der Waals surface area contributed by atoms with Gasteiger partial charge in [-0.15, -0.1) is 12.4 Å². The van der Waals surface area contributed by atoms with E-state index in [1.165, 1.54) is 0 Å². The average molecular weight is 323 g/mol. The second-order valence-electron chi connectivity index (χ2n) is 5.28. The number of hydrogen-bond acceptors (Lipinski definition) is 2. The minimum absolute atomic E-state index is 0. The molecule has 3 N–H and O–H groups in total. The van der Waals surface area contributed by atoms with Crippen LogP contribution in [0.25, 0.3) is 0 Å². The molecule has 0 fully saturated rings. The number of aliphatic hydroxyl groups excluding tert-OH is 1. The number of halogens is 2. The molecule has 98 valence electrons. The summed E-state index contributed by atoms with van der Waals surface area (Å²) in [5.41, 5.74) is 6.99. The van der Waals surface area contributed by atoms with Gasteiger partial charge in [-0.05, 0) is 29.5 Å². The molecule has 0 aliphatic carbocycles. The van der Waals surface area contributed by atoms with E-state index in [4.69, 9.17) is 5.73 Å². The van der Waals surface area contributed by atoms with E-state index in [0.717, 1.165) is 10.0 Å². The van der Waals surface area contributed by atoms with Crippen molar-refractivity contribution in [3.63, 3.8) is 0 Å². The summed E-state index contributed by atoms with van der Waals surface area (Å²) < 4.78 is 1.02. The first-order valence-electron chi connectivity index (χ1n) is 5.50. The molecule has 0 saturated heterocycles. The molecular formula is C13H21BrClNO. The number of benzene rings is 1. The first-order chi connectivity index (χ1) is 7.30. The third kappa shape index (κ3) is 5.38. The van der Waals surface area contributed by atoms with E-state index in [-0.39, 0.29) is 23.9 Å². The Kier molecular flexibility index (Phi) is 6.70. The molecule has 1 aromatic rings. The fraction of sp³-hybridized carbons (Fsp3) is 0.538. The van der Waals surface area contributed by atoms with Crippen LogP contribution >= 0.6 is 28.3 Å². The summed E-state index contributed by atoms with van der Waals surface area (Å²) in [4.78, 5) is 0. The standard InChI is InChI=1S/C13H20BrNO.ClH/c1-13(2,3)12(15)8-11(16)9-4-6-10(14)7-5-9;/h4-7,11-12,16H,8,15H2,1-3H3;1H/t11-,12+;/m1./s1. The van der Waals surface area contributed by atoms with Crippen LogP contribution in [0.1, 0.15) is 38.9 Å². The molecule has 0 spiro atoms. The smallest absolute Gasteiger partial charge is 0.0805 e. The van der Waals surface area contributed by atoms with E-state index in [9.17, 15) is 5.11 Å². The maximum absolute atomic E-state index is 10.0. The summed E-state index contributed by atoms with van der Waals surface area (Å²) in [5, 5.41) is 10.0. The van der Waals surface area contributed by atoms with E-state index < -0.39 is 6.10 Å². The van der Waals surface area contributed by atoms with Crippen molar-refractivity contribution in [2.45, 2.75) is 39.3 Å². The maximum Gasteiger partial charge on any atom is 0.0805 e. The molecule has 0 aliphatic rings. The van der Waals surface area contributed by atoms with Crippen LogP contribution in [0.4, 0.5) is 0 Å². The molecule has 17 heavy (non-hydrogen) atoms. The quantitative estimate of drug-likeness (QED) is 0.892. The SMILES string of the molecule is CC(C)(C)[C@@H](N)C[C@@H](O)c1ccc(Br)cc1.Cl. The molecule has 1 rings (SSSR count). The van der Waals surface area contributed by atoms with Gasteiger partial charge in [0.1, 0.15) is 0 Å². The number of rotatable bonds is 3. The molecule has 0 saturated carbocycles. The highest BCUT2D eigenvalue weighted by molar-refractivity contribution is 9.10. The van der Waals surface area contributed by atoms with Crippen molar-refractivity contribution in [1.82, 2.24) is 0 Å². The molecule has 0 radical (unpaired) electrons. The van der Waals surface area contributed by atoms with Crippen LogP contribution in [-0.4, -0.2) is 11.1 Å². The molecular weight excluding hydrogens is 302 g/mol. The van der Waals surface area contributed by atoms with E-state index in [2.05, 4.69) is 36.7 Å². The zero-order valence-electron chi connectivity index (χ0n) is 10.5. The van der Waals surface area contributed by atoms with Crippen molar-refractivity contribution >= 4 is 28.3 Å². The average Bonchev–Trinajstić information content (AvgIpc) is 2.17. The lowest BCUT2D eigenvalue weighted by molar-refractivity contribution is 0.133. The van der Waals surface area contributed by atoms with Crippen LogP contribution in [-0.2, 0) is 0 Å². The molecule has 0 aliphatic heterocycles. The highest BCUT2D eigenvalue weighted by atomic mass is 79.9. The molecule has 0 heterocycles. The monoisotopic (exact) mass is 321 g/mol. The minimum Gasteiger partial charge on any atom is -0.388 e. The number of aliphatic hydroxyl groups is 1. The van der Waals surface area contributed by atoms with E-state index in [1.54, 1.807) is 0 Å². The van der Waals surface area contributed by atoms with Gasteiger partial charge in [0.2, 0.25) is 0 Å². The summed E-state index contributed by atoms with van der Waals surface area (Å²) in [5.74, 6) is 0. The Balaban J connectivity index is 0.00000256. The van der Waals surface area contributed by atoms with Gasteiger partial charge in [-0.1, -0.05) is 48.8 Å². The van der Waals surface area contributed by atoms with Crippen LogP contribution in [0.3, 0.4) is 0 Å². The number of hydrogen-bond donors (Lipinski definition) is 2. The topological polar surface area (TPSA) is 46.2 Å². The summed E-state index contributed by atoms with van der Waals surface area (Å²) in [6, 6.07) is 7.70. The van der Waals surface area contributed by atoms with Gasteiger partial charge in [0.05, 0.1) is 6.10 Å². The molecule has 0 aromatic heterocycles. The summed E-state index contributed by atoms with van der Waals surface area (Å²) in [6.45, 7) is 6.27. The van der Waals surface area contributed by atoms with Crippen LogP contribution in [0.2, 0.25) is 0 Å². The lowest BCUT2D eigenvalue weighted by Crippen LogP contribution is -2.36. The lowest BCUT2D eigenvalue weighted by atomic mass is 9.83. The van der Waals surface area contributed by atoms with Crippen molar-refractivity contribution in [2.75, 3.05) is 0 Å². The predicted molar refractivity (Wildman–Crippen MR) is 78.4 cm³/mol. The zero-order chi connectivity index (χ0) is 12.3. The highest BCUT2D eigenvalue weighted by Crippen LogP contribution is 2.27. The van der Waals surface area contributed by atoms with Gasteiger partial charge in [0, 0.05) is 10.5 Å². The summed E-state index contributed by atoms with van der Waals surface area (Å²) >= 11 is 3.37. The largest absolute Gasteiger partial charge is 0.388 e. The van der Waals surface area contributed by atoms with Gasteiger partial charge in [-0.2, -0.15) is 0 Å². The second kappa shape index (κ2) is 6.74. The van der Waals surface area contributed by atoms with E-state index in [1.807, 2.05) is 24.3 Å². The molecule has 2 nitrogen and oxygen atoms in total. The summed E-state index contributed by atoms with van der Waals surface area (Å²) in [7, 11) is 0. The Morgan fingerprint density at radius 3 is 2.12 bits per heavy atom. The van der Waals surface area contributed by atoms with Crippen molar-refractivity contribution < 1.29 is 5.11 Å². The Labute approximate surface area is 118 Å². The number of nitrogens with two attached hydrogens (primary N) is 1. The maximum atomic E-state index is 10.0. The molecule has 0 bridgehead atoms. The first-order valence-corrected chi connectivity index (χ1v) is 6.29. The Hall–Kier alpha value is -0.0900. The minimum atomic E-state index is -0.484. The van der Waals surface area contributed by atoms with Crippen LogP contribution in [0, 0.1) is 5.41 Å². The molecule has 2 atom stereocenters. The van der Waals surface area contributed by atoms with Crippen molar-refractivity contribution in [3.8, 4) is 0 Å². The molecule has 4 heteroatoms. The predicted octanol–water partition coefficient (Wildman–Crippen LogP) is 3.67. The van der Waals surface area contributed by atoms with Crippen LogP contribution in [0.15, 0.2) is 28.7 Å². The van der Waals surface area contributed by atoms with E-state index >= 15 is 0 Å². The first kappa shape index (κ1) is 16.9. The van der Waals surface area contributed by atoms with Crippen molar-refractivity contribution in [3.05, 3.63) is 34.3 Å². The fourth-order valence-electron chi connectivity index (χ4n) is 1.42. The highest BCUT2D eigenvalue weighted by Gasteiger charge is 2.23. The van der Waals surface area contributed by atoms with Gasteiger partial charge in [-0.25, -0.2) is 0 Å². The van der Waals surface area contributed by atoms with Crippen LogP contribution < -0.4 is 5.73 Å². The van der Waals surface area contributed by atoms with Crippen molar-refractivity contribution in [2.24, 2.45) is 11.1 Å². The lowest BCUT2D eigenvalue weighted by Gasteiger charge is -2.29.